The summed E-state index contributed by atoms with van der Waals surface area (Å²) in [7, 11) is 0. The van der Waals surface area contributed by atoms with Gasteiger partial charge in [0.25, 0.3) is 0 Å². The van der Waals surface area contributed by atoms with Crippen molar-refractivity contribution in [1.82, 2.24) is 4.98 Å². The molecule has 4 nitrogen and oxygen atoms in total. The SMILES string of the molecule is ON=C(Cl)Cc1ccc(OCc2ccccn2)cc1. The molecule has 0 radical (unpaired) electrons. The van der Waals surface area contributed by atoms with Crippen molar-refractivity contribution in [2.24, 2.45) is 5.16 Å². The number of aromatic nitrogens is 1. The van der Waals surface area contributed by atoms with E-state index in [1.165, 1.54) is 0 Å². The van der Waals surface area contributed by atoms with E-state index in [1.807, 2.05) is 42.5 Å². The van der Waals surface area contributed by atoms with Gasteiger partial charge in [-0.1, -0.05) is 35.0 Å². The molecule has 0 fully saturated rings. The molecule has 0 bridgehead atoms. The topological polar surface area (TPSA) is 54.7 Å². The number of ether oxygens (including phenoxy) is 1. The van der Waals surface area contributed by atoms with Crippen LogP contribution in [0, 0.1) is 0 Å². The molecule has 19 heavy (non-hydrogen) atoms. The summed E-state index contributed by atoms with van der Waals surface area (Å²) in [5, 5.41) is 11.6. The molecule has 2 aromatic rings. The molecule has 1 aromatic carbocycles. The minimum absolute atomic E-state index is 0.155. The Balaban J connectivity index is 1.92. The smallest absolute Gasteiger partial charge is 0.149 e. The van der Waals surface area contributed by atoms with Gasteiger partial charge < -0.3 is 9.94 Å². The molecule has 1 N–H and O–H groups in total. The van der Waals surface area contributed by atoms with Gasteiger partial charge in [0.1, 0.15) is 17.5 Å². The van der Waals surface area contributed by atoms with Gasteiger partial charge in [0.05, 0.1) is 5.69 Å². The molecular weight excluding hydrogens is 264 g/mol. The fraction of sp³-hybridized carbons (Fsp3) is 0.143. The van der Waals surface area contributed by atoms with Crippen LogP contribution in [0.25, 0.3) is 0 Å². The van der Waals surface area contributed by atoms with E-state index in [0.717, 1.165) is 17.0 Å². The summed E-state index contributed by atoms with van der Waals surface area (Å²) in [6, 6.07) is 13.1. The largest absolute Gasteiger partial charge is 0.487 e. The molecule has 2 rings (SSSR count). The lowest BCUT2D eigenvalue weighted by Crippen LogP contribution is -1.98. The van der Waals surface area contributed by atoms with E-state index in [9.17, 15) is 0 Å². The number of hydrogen-bond donors (Lipinski definition) is 1. The van der Waals surface area contributed by atoms with Gasteiger partial charge in [-0.15, -0.1) is 0 Å². The second kappa shape index (κ2) is 6.75. The second-order valence-corrected chi connectivity index (χ2v) is 4.34. The van der Waals surface area contributed by atoms with Crippen molar-refractivity contribution in [3.8, 4) is 5.75 Å². The predicted molar refractivity (Wildman–Crippen MR) is 73.8 cm³/mol. The highest BCUT2D eigenvalue weighted by molar-refractivity contribution is 6.65. The van der Waals surface area contributed by atoms with Gasteiger partial charge in [-0.2, -0.15) is 0 Å². The Kier molecular flexibility index (Phi) is 4.75. The first kappa shape index (κ1) is 13.4. The molecule has 0 atom stereocenters. The predicted octanol–water partition coefficient (Wildman–Crippen LogP) is 3.23. The third kappa shape index (κ3) is 4.26. The molecule has 0 unspecified atom stereocenters. The van der Waals surface area contributed by atoms with Crippen molar-refractivity contribution in [3.63, 3.8) is 0 Å². The molecule has 0 aliphatic rings. The highest BCUT2D eigenvalue weighted by Crippen LogP contribution is 2.14. The summed E-state index contributed by atoms with van der Waals surface area (Å²) in [6.07, 6.45) is 2.14. The van der Waals surface area contributed by atoms with Crippen LogP contribution in [-0.2, 0) is 13.0 Å². The molecule has 5 heteroatoms. The molecule has 0 saturated carbocycles. The quantitative estimate of drug-likeness (QED) is 0.518. The summed E-state index contributed by atoms with van der Waals surface area (Å²) in [5.41, 5.74) is 1.83. The van der Waals surface area contributed by atoms with Crippen LogP contribution in [0.4, 0.5) is 0 Å². The van der Waals surface area contributed by atoms with Crippen LogP contribution >= 0.6 is 11.6 Å². The minimum Gasteiger partial charge on any atom is -0.487 e. The zero-order valence-electron chi connectivity index (χ0n) is 10.2. The van der Waals surface area contributed by atoms with Gasteiger partial charge in [-0.05, 0) is 29.8 Å². The standard InChI is InChI=1S/C14H13ClN2O2/c15-14(17-18)9-11-4-6-13(7-5-11)19-10-12-3-1-2-8-16-12/h1-8,18H,9-10H2. The van der Waals surface area contributed by atoms with Crippen molar-refractivity contribution >= 4 is 16.8 Å². The van der Waals surface area contributed by atoms with Crippen LogP contribution in [0.5, 0.6) is 5.75 Å². The molecule has 0 aliphatic carbocycles. The molecule has 1 heterocycles. The molecule has 0 amide bonds. The number of hydrogen-bond acceptors (Lipinski definition) is 4. The van der Waals surface area contributed by atoms with E-state index < -0.39 is 0 Å². The third-order valence-corrected chi connectivity index (χ3v) is 2.70. The first-order valence-electron chi connectivity index (χ1n) is 5.76. The fourth-order valence-corrected chi connectivity index (χ4v) is 1.70. The Labute approximate surface area is 116 Å². The Morgan fingerprint density at radius 1 is 1.21 bits per heavy atom. The lowest BCUT2D eigenvalue weighted by atomic mass is 10.1. The minimum atomic E-state index is 0.155. The highest BCUT2D eigenvalue weighted by Gasteiger charge is 2.00. The molecule has 0 aliphatic heterocycles. The lowest BCUT2D eigenvalue weighted by Gasteiger charge is -2.06. The summed E-state index contributed by atoms with van der Waals surface area (Å²) in [4.78, 5) is 4.18. The zero-order chi connectivity index (χ0) is 13.5. The Morgan fingerprint density at radius 3 is 2.63 bits per heavy atom. The number of rotatable bonds is 5. The van der Waals surface area contributed by atoms with Gasteiger partial charge in [0.15, 0.2) is 0 Å². The number of pyridine rings is 1. The maximum absolute atomic E-state index is 8.49. The number of nitrogens with zero attached hydrogens (tertiary/aromatic N) is 2. The molecule has 1 aromatic heterocycles. The van der Waals surface area contributed by atoms with Gasteiger partial charge in [-0.3, -0.25) is 4.98 Å². The zero-order valence-corrected chi connectivity index (χ0v) is 10.9. The Hall–Kier alpha value is -2.07. The number of oxime groups is 1. The molecule has 0 spiro atoms. The van der Waals surface area contributed by atoms with E-state index in [-0.39, 0.29) is 5.17 Å². The second-order valence-electron chi connectivity index (χ2n) is 3.91. The first-order chi connectivity index (χ1) is 9.28. The normalized spacial score (nSPS) is 11.3. The highest BCUT2D eigenvalue weighted by atomic mass is 35.5. The number of halogens is 1. The molecule has 0 saturated heterocycles. The monoisotopic (exact) mass is 276 g/mol. The van der Waals surface area contributed by atoms with Gasteiger partial charge in [0.2, 0.25) is 0 Å². The van der Waals surface area contributed by atoms with Crippen LogP contribution in [0.1, 0.15) is 11.3 Å². The summed E-state index contributed by atoms with van der Waals surface area (Å²) in [5.74, 6) is 0.756. The Morgan fingerprint density at radius 2 is 2.00 bits per heavy atom. The molecule has 98 valence electrons. The van der Waals surface area contributed by atoms with Crippen molar-refractivity contribution in [1.29, 1.82) is 0 Å². The first-order valence-corrected chi connectivity index (χ1v) is 6.14. The van der Waals surface area contributed by atoms with E-state index in [0.29, 0.717) is 13.0 Å². The number of benzene rings is 1. The lowest BCUT2D eigenvalue weighted by molar-refractivity contribution is 0.301. The average Bonchev–Trinajstić information content (AvgIpc) is 2.47. The maximum atomic E-state index is 8.49. The van der Waals surface area contributed by atoms with Crippen molar-refractivity contribution < 1.29 is 9.94 Å². The van der Waals surface area contributed by atoms with Crippen LogP contribution in [0.15, 0.2) is 53.8 Å². The average molecular weight is 277 g/mol. The van der Waals surface area contributed by atoms with E-state index in [4.69, 9.17) is 21.5 Å². The van der Waals surface area contributed by atoms with Crippen LogP contribution in [0.2, 0.25) is 0 Å². The van der Waals surface area contributed by atoms with Crippen LogP contribution < -0.4 is 4.74 Å². The summed E-state index contributed by atoms with van der Waals surface area (Å²) >= 11 is 5.64. The van der Waals surface area contributed by atoms with E-state index >= 15 is 0 Å². The van der Waals surface area contributed by atoms with Crippen molar-refractivity contribution in [3.05, 3.63) is 59.9 Å². The van der Waals surface area contributed by atoms with Crippen molar-refractivity contribution in [2.75, 3.05) is 0 Å². The van der Waals surface area contributed by atoms with Gasteiger partial charge >= 0.3 is 0 Å². The fourth-order valence-electron chi connectivity index (χ4n) is 1.55. The summed E-state index contributed by atoms with van der Waals surface area (Å²) < 4.78 is 5.60. The van der Waals surface area contributed by atoms with E-state index in [2.05, 4.69) is 10.1 Å². The Bertz CT molecular complexity index is 541. The van der Waals surface area contributed by atoms with Crippen LogP contribution in [0.3, 0.4) is 0 Å². The molecular formula is C14H13ClN2O2. The third-order valence-electron chi connectivity index (χ3n) is 2.49. The van der Waals surface area contributed by atoms with Gasteiger partial charge in [-0.25, -0.2) is 0 Å². The van der Waals surface area contributed by atoms with Crippen LogP contribution in [-0.4, -0.2) is 15.4 Å². The summed E-state index contributed by atoms with van der Waals surface area (Å²) in [6.45, 7) is 0.430. The van der Waals surface area contributed by atoms with E-state index in [1.54, 1.807) is 6.20 Å². The maximum Gasteiger partial charge on any atom is 0.149 e. The van der Waals surface area contributed by atoms with Gasteiger partial charge in [0, 0.05) is 12.6 Å². The van der Waals surface area contributed by atoms with Crippen molar-refractivity contribution in [2.45, 2.75) is 13.0 Å².